The third kappa shape index (κ3) is 4.80. The second-order valence-corrected chi connectivity index (χ2v) is 14.6. The zero-order chi connectivity index (χ0) is 37.2. The summed E-state index contributed by atoms with van der Waals surface area (Å²) in [6.45, 7) is 0. The molecule has 0 radical (unpaired) electrons. The Labute approximate surface area is 325 Å². The van der Waals surface area contributed by atoms with Gasteiger partial charge in [0.2, 0.25) is 0 Å². The number of benzene rings is 11. The van der Waals surface area contributed by atoms with Gasteiger partial charge in [0.25, 0.3) is 0 Å². The van der Waals surface area contributed by atoms with Crippen LogP contribution < -0.4 is 0 Å². The molecule has 0 aliphatic carbocycles. The van der Waals surface area contributed by atoms with Gasteiger partial charge in [-0.2, -0.15) is 5.26 Å². The molecule has 1 heteroatoms. The zero-order valence-corrected chi connectivity index (χ0v) is 30.5. The first kappa shape index (κ1) is 31.9. The van der Waals surface area contributed by atoms with Gasteiger partial charge >= 0.3 is 0 Å². The SMILES string of the molecule is N#Cc1cc(-c2c3ccccc3c(-c3ccccc3)c3ccccc23)cc2ccc3c(-c4c5ccccc5c(-c5ccccc5)c5ccccc45)cccc3c12. The number of nitriles is 1. The van der Waals surface area contributed by atoms with E-state index in [2.05, 4.69) is 206 Å². The first-order valence-corrected chi connectivity index (χ1v) is 19.2. The van der Waals surface area contributed by atoms with Crippen LogP contribution in [0.1, 0.15) is 5.56 Å². The van der Waals surface area contributed by atoms with Crippen LogP contribution in [0.3, 0.4) is 0 Å². The van der Waals surface area contributed by atoms with Crippen LogP contribution in [-0.4, -0.2) is 0 Å². The van der Waals surface area contributed by atoms with E-state index in [1.165, 1.54) is 70.9 Å². The van der Waals surface area contributed by atoms with Gasteiger partial charge in [-0.3, -0.25) is 0 Å². The molecule has 0 fully saturated rings. The molecule has 11 aromatic carbocycles. The van der Waals surface area contributed by atoms with Crippen molar-refractivity contribution in [2.45, 2.75) is 0 Å². The second-order valence-electron chi connectivity index (χ2n) is 14.6. The molecule has 258 valence electrons. The molecular weight excluding hydrogens is 675 g/mol. The maximum absolute atomic E-state index is 10.9. The predicted octanol–water partition coefficient (Wildman–Crippen LogP) is 15.1. The minimum atomic E-state index is 0.676. The van der Waals surface area contributed by atoms with Gasteiger partial charge in [0.15, 0.2) is 0 Å². The van der Waals surface area contributed by atoms with Gasteiger partial charge in [0.05, 0.1) is 11.6 Å². The van der Waals surface area contributed by atoms with E-state index >= 15 is 0 Å². The molecule has 0 spiro atoms. The first-order chi connectivity index (χ1) is 27.8. The Hall–Kier alpha value is -7.53. The fourth-order valence-electron chi connectivity index (χ4n) is 9.37. The fourth-order valence-corrected chi connectivity index (χ4v) is 9.37. The number of nitrogens with zero attached hydrogens (tertiary/aromatic N) is 1. The third-order valence-electron chi connectivity index (χ3n) is 11.6. The average molecular weight is 708 g/mol. The second kappa shape index (κ2) is 12.8. The molecule has 11 aromatic rings. The molecular formula is C55H33N. The molecule has 0 atom stereocenters. The van der Waals surface area contributed by atoms with E-state index in [-0.39, 0.29) is 0 Å². The van der Waals surface area contributed by atoms with E-state index < -0.39 is 0 Å². The lowest BCUT2D eigenvalue weighted by Crippen LogP contribution is -1.93. The smallest absolute Gasteiger partial charge is 0.0998 e. The largest absolute Gasteiger partial charge is 0.192 e. The van der Waals surface area contributed by atoms with Crippen LogP contribution in [0.15, 0.2) is 200 Å². The minimum absolute atomic E-state index is 0.676. The highest BCUT2D eigenvalue weighted by Gasteiger charge is 2.21. The third-order valence-corrected chi connectivity index (χ3v) is 11.6. The first-order valence-electron chi connectivity index (χ1n) is 19.2. The molecule has 0 N–H and O–H groups in total. The molecule has 0 saturated heterocycles. The predicted molar refractivity (Wildman–Crippen MR) is 238 cm³/mol. The number of hydrogen-bond acceptors (Lipinski definition) is 1. The van der Waals surface area contributed by atoms with Crippen LogP contribution in [0.25, 0.3) is 109 Å². The molecule has 0 aliphatic heterocycles. The van der Waals surface area contributed by atoms with Gasteiger partial charge in [-0.15, -0.1) is 0 Å². The van der Waals surface area contributed by atoms with E-state index in [1.54, 1.807) is 0 Å². The van der Waals surface area contributed by atoms with Gasteiger partial charge in [-0.1, -0.05) is 188 Å². The highest BCUT2D eigenvalue weighted by molar-refractivity contribution is 6.26. The summed E-state index contributed by atoms with van der Waals surface area (Å²) in [6, 6.07) is 74.5. The Morgan fingerprint density at radius 2 is 0.679 bits per heavy atom. The Balaban J connectivity index is 1.18. The number of hydrogen-bond donors (Lipinski definition) is 0. The van der Waals surface area contributed by atoms with E-state index in [0.29, 0.717) is 5.56 Å². The fraction of sp³-hybridized carbons (Fsp3) is 0. The zero-order valence-electron chi connectivity index (χ0n) is 30.5. The number of fused-ring (bicyclic) bond motifs is 7. The van der Waals surface area contributed by atoms with Crippen molar-refractivity contribution in [3.05, 3.63) is 206 Å². The van der Waals surface area contributed by atoms with Crippen LogP contribution in [0.4, 0.5) is 0 Å². The van der Waals surface area contributed by atoms with Crippen molar-refractivity contribution in [3.63, 3.8) is 0 Å². The number of rotatable bonds is 4. The van der Waals surface area contributed by atoms with Crippen LogP contribution in [-0.2, 0) is 0 Å². The Bertz CT molecular complexity index is 3290. The standard InChI is InChI=1S/C55H33N/c56-34-39-33-38(54-45-22-9-7-20-43(45)52(35-16-3-1-4-17-35)44-21-8-10-23-46(44)54)32-37-30-31-40-41(51(37)39)28-15-29-42(40)55-49-26-13-11-24-47(49)53(36-18-5-2-6-19-36)48-25-12-14-27-50(48)55/h1-33H. The summed E-state index contributed by atoms with van der Waals surface area (Å²) < 4.78 is 0. The molecule has 0 aliphatic rings. The minimum Gasteiger partial charge on any atom is -0.192 e. The van der Waals surface area contributed by atoms with E-state index in [0.717, 1.165) is 38.2 Å². The molecule has 0 saturated carbocycles. The maximum atomic E-state index is 10.9. The van der Waals surface area contributed by atoms with Crippen molar-refractivity contribution in [1.29, 1.82) is 5.26 Å². The topological polar surface area (TPSA) is 23.8 Å². The summed E-state index contributed by atoms with van der Waals surface area (Å²) >= 11 is 0. The average Bonchev–Trinajstić information content (AvgIpc) is 3.27. The Morgan fingerprint density at radius 3 is 1.12 bits per heavy atom. The summed E-state index contributed by atoms with van der Waals surface area (Å²) in [5.41, 5.74) is 10.1. The monoisotopic (exact) mass is 707 g/mol. The van der Waals surface area contributed by atoms with Crippen LogP contribution in [0.5, 0.6) is 0 Å². The summed E-state index contributed by atoms with van der Waals surface area (Å²) in [5.74, 6) is 0. The summed E-state index contributed by atoms with van der Waals surface area (Å²) in [5, 5.41) is 24.8. The van der Waals surface area contributed by atoms with Crippen molar-refractivity contribution in [2.24, 2.45) is 0 Å². The van der Waals surface area contributed by atoms with Crippen LogP contribution in [0.2, 0.25) is 0 Å². The molecule has 0 bridgehead atoms. The van der Waals surface area contributed by atoms with Gasteiger partial charge in [0.1, 0.15) is 0 Å². The Morgan fingerprint density at radius 1 is 0.286 bits per heavy atom. The molecule has 0 aromatic heterocycles. The molecule has 0 heterocycles. The maximum Gasteiger partial charge on any atom is 0.0998 e. The lowest BCUT2D eigenvalue weighted by atomic mass is 9.83. The lowest BCUT2D eigenvalue weighted by molar-refractivity contribution is 1.51. The quantitative estimate of drug-likeness (QED) is 0.132. The lowest BCUT2D eigenvalue weighted by Gasteiger charge is -2.20. The van der Waals surface area contributed by atoms with Gasteiger partial charge in [-0.25, -0.2) is 0 Å². The van der Waals surface area contributed by atoms with Crippen molar-refractivity contribution >= 4 is 64.6 Å². The summed E-state index contributed by atoms with van der Waals surface area (Å²) in [4.78, 5) is 0. The van der Waals surface area contributed by atoms with Crippen LogP contribution in [0, 0.1) is 11.3 Å². The van der Waals surface area contributed by atoms with Crippen molar-refractivity contribution < 1.29 is 0 Å². The highest BCUT2D eigenvalue weighted by atomic mass is 14.3. The van der Waals surface area contributed by atoms with Crippen LogP contribution >= 0.6 is 0 Å². The molecule has 0 amide bonds. The van der Waals surface area contributed by atoms with Crippen molar-refractivity contribution in [2.75, 3.05) is 0 Å². The van der Waals surface area contributed by atoms with Gasteiger partial charge in [-0.05, 0) is 116 Å². The van der Waals surface area contributed by atoms with E-state index in [9.17, 15) is 5.26 Å². The van der Waals surface area contributed by atoms with E-state index in [1.807, 2.05) is 0 Å². The van der Waals surface area contributed by atoms with E-state index in [4.69, 9.17) is 0 Å². The molecule has 1 nitrogen and oxygen atoms in total. The van der Waals surface area contributed by atoms with Gasteiger partial charge in [0, 0.05) is 5.39 Å². The highest BCUT2D eigenvalue weighted by Crippen LogP contribution is 2.48. The summed E-state index contributed by atoms with van der Waals surface area (Å²) in [6.07, 6.45) is 0. The normalized spacial score (nSPS) is 11.6. The van der Waals surface area contributed by atoms with Gasteiger partial charge < -0.3 is 0 Å². The molecule has 56 heavy (non-hydrogen) atoms. The molecule has 0 unspecified atom stereocenters. The Kier molecular flexibility index (Phi) is 7.31. The van der Waals surface area contributed by atoms with Crippen molar-refractivity contribution in [3.8, 4) is 50.6 Å². The molecule has 11 rings (SSSR count). The summed E-state index contributed by atoms with van der Waals surface area (Å²) in [7, 11) is 0. The van der Waals surface area contributed by atoms with Crippen molar-refractivity contribution in [1.82, 2.24) is 0 Å².